The van der Waals surface area contributed by atoms with Crippen LogP contribution in [0.25, 0.3) is 0 Å². The summed E-state index contributed by atoms with van der Waals surface area (Å²) < 4.78 is 12.0. The molecular formula is C18H19NO4S2. The molecule has 4 saturated heterocycles. The van der Waals surface area contributed by atoms with E-state index in [-0.39, 0.29) is 18.2 Å². The summed E-state index contributed by atoms with van der Waals surface area (Å²) in [5, 5.41) is 15.1. The highest BCUT2D eigenvalue weighted by Gasteiger charge is 2.61. The molecule has 0 radical (unpaired) electrons. The molecule has 0 aliphatic carbocycles. The van der Waals surface area contributed by atoms with Crippen LogP contribution in [-0.2, 0) is 19.9 Å². The molecule has 4 aliphatic rings. The Kier molecular flexibility index (Phi) is 3.59. The molecule has 5 nitrogen and oxygen atoms in total. The van der Waals surface area contributed by atoms with E-state index in [0.29, 0.717) is 21.9 Å². The Balaban J connectivity index is 1.46. The van der Waals surface area contributed by atoms with Gasteiger partial charge in [-0.25, -0.2) is 4.79 Å². The summed E-state index contributed by atoms with van der Waals surface area (Å²) in [7, 11) is 2.08. The smallest absolute Gasteiger partial charge is 0.349 e. The van der Waals surface area contributed by atoms with Crippen LogP contribution >= 0.6 is 22.7 Å². The van der Waals surface area contributed by atoms with Crippen molar-refractivity contribution in [3.8, 4) is 0 Å². The molecule has 25 heavy (non-hydrogen) atoms. The predicted molar refractivity (Wildman–Crippen MR) is 94.8 cm³/mol. The van der Waals surface area contributed by atoms with Gasteiger partial charge in [0.1, 0.15) is 12.2 Å². The lowest BCUT2D eigenvalue weighted by atomic mass is 9.98. The summed E-state index contributed by atoms with van der Waals surface area (Å²) >= 11 is 2.72. The first-order valence-corrected chi connectivity index (χ1v) is 10.2. The highest BCUT2D eigenvalue weighted by atomic mass is 32.1. The molecule has 5 atom stereocenters. The highest BCUT2D eigenvalue weighted by molar-refractivity contribution is 7.12. The Bertz CT molecular complexity index is 739. The molecule has 2 aromatic rings. The van der Waals surface area contributed by atoms with Crippen LogP contribution in [-0.4, -0.2) is 53.4 Å². The number of aliphatic hydroxyl groups is 1. The summed E-state index contributed by atoms with van der Waals surface area (Å²) in [5.74, 6) is -0.601. The topological polar surface area (TPSA) is 59.0 Å². The van der Waals surface area contributed by atoms with Crippen molar-refractivity contribution in [2.45, 2.75) is 48.8 Å². The van der Waals surface area contributed by atoms with Gasteiger partial charge in [-0.05, 0) is 42.8 Å². The number of nitrogens with zero attached hydrogens (tertiary/aromatic N) is 1. The maximum atomic E-state index is 13.1. The van der Waals surface area contributed by atoms with E-state index in [2.05, 4.69) is 11.9 Å². The monoisotopic (exact) mass is 377 g/mol. The third-order valence-corrected chi connectivity index (χ3v) is 7.74. The summed E-state index contributed by atoms with van der Waals surface area (Å²) in [6.07, 6.45) is 1.80. The number of esters is 1. The molecule has 0 spiro atoms. The zero-order chi connectivity index (χ0) is 17.2. The van der Waals surface area contributed by atoms with Gasteiger partial charge in [-0.3, -0.25) is 4.90 Å². The molecule has 0 saturated carbocycles. The third kappa shape index (κ3) is 2.20. The molecular weight excluding hydrogens is 358 g/mol. The summed E-state index contributed by atoms with van der Waals surface area (Å²) in [6, 6.07) is 7.73. The van der Waals surface area contributed by atoms with Crippen LogP contribution in [0.2, 0.25) is 0 Å². The number of piperidine rings is 1. The molecule has 4 bridgehead atoms. The minimum absolute atomic E-state index is 0.0754. The van der Waals surface area contributed by atoms with Gasteiger partial charge in [-0.2, -0.15) is 0 Å². The Hall–Kier alpha value is -1.25. The second-order valence-corrected chi connectivity index (χ2v) is 8.92. The summed E-state index contributed by atoms with van der Waals surface area (Å²) in [5.41, 5.74) is -1.75. The molecule has 0 unspecified atom stereocenters. The molecule has 4 aliphatic heterocycles. The fourth-order valence-electron chi connectivity index (χ4n) is 4.53. The van der Waals surface area contributed by atoms with Crippen molar-refractivity contribution >= 4 is 28.6 Å². The SMILES string of the molecule is CN1[C@H]2C[C@@H]3C[C@H]1[C@@H](O3)[C@H]2OC(=O)C(O)(c1cccs1)c1cccs1. The van der Waals surface area contributed by atoms with Crippen molar-refractivity contribution in [3.63, 3.8) is 0 Å². The van der Waals surface area contributed by atoms with Crippen LogP contribution in [0.4, 0.5) is 0 Å². The van der Waals surface area contributed by atoms with Crippen molar-refractivity contribution in [1.29, 1.82) is 0 Å². The second-order valence-electron chi connectivity index (χ2n) is 7.03. The van der Waals surface area contributed by atoms with Crippen LogP contribution < -0.4 is 0 Å². The van der Waals surface area contributed by atoms with Gasteiger partial charge in [-0.1, -0.05) is 12.1 Å². The Morgan fingerprint density at radius 2 is 1.88 bits per heavy atom. The van der Waals surface area contributed by atoms with Crippen molar-refractivity contribution in [2.75, 3.05) is 7.05 Å². The number of carbonyl (C=O) groups excluding carboxylic acids is 1. The van der Waals surface area contributed by atoms with Gasteiger partial charge in [0.15, 0.2) is 0 Å². The number of carbonyl (C=O) groups is 1. The Morgan fingerprint density at radius 1 is 1.24 bits per heavy atom. The molecule has 0 amide bonds. The molecule has 132 valence electrons. The predicted octanol–water partition coefficient (Wildman–Crippen LogP) is 2.20. The van der Waals surface area contributed by atoms with Crippen molar-refractivity contribution in [1.82, 2.24) is 4.90 Å². The number of likely N-dealkylation sites (N-methyl/N-ethyl adjacent to an activating group) is 1. The molecule has 1 N–H and O–H groups in total. The average Bonchev–Trinajstić information content (AvgIpc) is 3.38. The van der Waals surface area contributed by atoms with Gasteiger partial charge in [0, 0.05) is 6.04 Å². The van der Waals surface area contributed by atoms with Gasteiger partial charge < -0.3 is 14.6 Å². The largest absolute Gasteiger partial charge is 0.455 e. The number of hydrogen-bond donors (Lipinski definition) is 1. The minimum atomic E-state index is -1.75. The lowest BCUT2D eigenvalue weighted by Gasteiger charge is -2.36. The van der Waals surface area contributed by atoms with Crippen LogP contribution in [0, 0.1) is 0 Å². The first-order valence-electron chi connectivity index (χ1n) is 8.48. The maximum Gasteiger partial charge on any atom is 0.349 e. The summed E-state index contributed by atoms with van der Waals surface area (Å²) in [4.78, 5) is 16.6. The standard InChI is InChI=1S/C18H19NO4S2/c1-19-11-8-10-9-12(19)16(15(11)22-10)23-17(20)18(21,13-4-2-6-24-13)14-5-3-7-25-14/h2-7,10-12,15-16,21H,8-9H2,1H3/t10-,11-,12-,15+,16-/m0/s1. The molecule has 0 aromatic carbocycles. The van der Waals surface area contributed by atoms with Gasteiger partial charge in [-0.15, -0.1) is 22.7 Å². The van der Waals surface area contributed by atoms with E-state index in [1.165, 1.54) is 22.7 Å². The van der Waals surface area contributed by atoms with Gasteiger partial charge in [0.2, 0.25) is 5.60 Å². The van der Waals surface area contributed by atoms with E-state index in [0.717, 1.165) is 12.8 Å². The van der Waals surface area contributed by atoms with E-state index >= 15 is 0 Å². The number of ether oxygens (including phenoxy) is 2. The van der Waals surface area contributed by atoms with Crippen molar-refractivity contribution < 1.29 is 19.4 Å². The maximum absolute atomic E-state index is 13.1. The van der Waals surface area contributed by atoms with E-state index in [1.54, 1.807) is 12.1 Å². The fraction of sp³-hybridized carbons (Fsp3) is 0.500. The fourth-order valence-corrected chi connectivity index (χ4v) is 6.24. The highest BCUT2D eigenvalue weighted by Crippen LogP contribution is 2.47. The summed E-state index contributed by atoms with van der Waals surface area (Å²) in [6.45, 7) is 0. The first-order chi connectivity index (χ1) is 12.1. The minimum Gasteiger partial charge on any atom is -0.455 e. The number of thiophene rings is 2. The lowest BCUT2D eigenvalue weighted by molar-refractivity contribution is -0.180. The van der Waals surface area contributed by atoms with Crippen LogP contribution in [0.5, 0.6) is 0 Å². The van der Waals surface area contributed by atoms with Gasteiger partial charge >= 0.3 is 5.97 Å². The van der Waals surface area contributed by atoms with Crippen LogP contribution in [0.1, 0.15) is 22.6 Å². The zero-order valence-corrected chi connectivity index (χ0v) is 15.3. The Morgan fingerprint density at radius 3 is 2.44 bits per heavy atom. The van der Waals surface area contributed by atoms with Crippen LogP contribution in [0.3, 0.4) is 0 Å². The Labute approximate surface area is 153 Å². The second kappa shape index (κ2) is 5.62. The van der Waals surface area contributed by atoms with E-state index in [1.807, 2.05) is 22.9 Å². The van der Waals surface area contributed by atoms with E-state index < -0.39 is 11.6 Å². The zero-order valence-electron chi connectivity index (χ0n) is 13.7. The third-order valence-electron chi connectivity index (χ3n) is 5.78. The normalized spacial score (nSPS) is 33.9. The van der Waals surface area contributed by atoms with Crippen LogP contribution in [0.15, 0.2) is 35.0 Å². The molecule has 6 heterocycles. The molecule has 7 heteroatoms. The lowest BCUT2D eigenvalue weighted by Crippen LogP contribution is -2.49. The van der Waals surface area contributed by atoms with Crippen molar-refractivity contribution in [2.24, 2.45) is 0 Å². The van der Waals surface area contributed by atoms with Gasteiger partial charge in [0.05, 0.1) is 21.9 Å². The molecule has 2 aromatic heterocycles. The quantitative estimate of drug-likeness (QED) is 0.828. The first kappa shape index (κ1) is 16.0. The molecule has 6 rings (SSSR count). The number of rotatable bonds is 4. The van der Waals surface area contributed by atoms with Gasteiger partial charge in [0.25, 0.3) is 0 Å². The molecule has 4 fully saturated rings. The van der Waals surface area contributed by atoms with E-state index in [9.17, 15) is 9.90 Å². The average molecular weight is 377 g/mol. The van der Waals surface area contributed by atoms with E-state index in [4.69, 9.17) is 9.47 Å². The number of hydrogen-bond acceptors (Lipinski definition) is 7. The van der Waals surface area contributed by atoms with Crippen molar-refractivity contribution in [3.05, 3.63) is 44.8 Å².